The summed E-state index contributed by atoms with van der Waals surface area (Å²) in [7, 11) is -1.86. The number of ether oxygens (including phenoxy) is 1. The van der Waals surface area contributed by atoms with Gasteiger partial charge in [-0.15, -0.1) is 0 Å². The number of hydrogen-bond donors (Lipinski definition) is 2. The highest BCUT2D eigenvalue weighted by atomic mass is 32.2. The standard InChI is InChI=1S/C27H42N4O5S/c1-19(32)30-12-10-20(11-13-30)21-8-9-27-25(14-21)36-26-18-31(22-6-4-3-5-7-22)17-24(26)29(2)16-23(33)15-28-37(27,34)35/h8-9,14,20,22-24,26,28,33H,3-7,10-13,15-18H2,1-2H3/t23-,24+,26-/m0/s1. The molecule has 2 saturated heterocycles. The Kier molecular flexibility index (Phi) is 8.12. The highest BCUT2D eigenvalue weighted by Crippen LogP contribution is 2.36. The molecule has 0 aromatic heterocycles. The third-order valence-corrected chi connectivity index (χ3v) is 10.3. The molecule has 0 bridgehead atoms. The van der Waals surface area contributed by atoms with E-state index in [2.05, 4.69) is 14.5 Å². The molecule has 1 aromatic rings. The molecule has 1 aliphatic carbocycles. The van der Waals surface area contributed by atoms with Gasteiger partial charge < -0.3 is 14.7 Å². The second kappa shape index (κ2) is 11.2. The van der Waals surface area contributed by atoms with Gasteiger partial charge in [-0.3, -0.25) is 14.6 Å². The highest BCUT2D eigenvalue weighted by Gasteiger charge is 2.41. The first-order chi connectivity index (χ1) is 17.7. The van der Waals surface area contributed by atoms with Gasteiger partial charge in [-0.05, 0) is 56.3 Å². The van der Waals surface area contributed by atoms with Crippen molar-refractivity contribution in [2.24, 2.45) is 0 Å². The Labute approximate surface area is 221 Å². The van der Waals surface area contributed by atoms with Gasteiger partial charge in [-0.2, -0.15) is 0 Å². The van der Waals surface area contributed by atoms with Gasteiger partial charge in [0.05, 0.1) is 12.1 Å². The summed E-state index contributed by atoms with van der Waals surface area (Å²) in [5.74, 6) is 0.742. The van der Waals surface area contributed by atoms with Crippen LogP contribution in [0.1, 0.15) is 63.4 Å². The third-order valence-electron chi connectivity index (χ3n) is 8.88. The summed E-state index contributed by atoms with van der Waals surface area (Å²) in [5, 5.41) is 10.6. The number of carbonyl (C=O) groups excluding carboxylic acids is 1. The van der Waals surface area contributed by atoms with Gasteiger partial charge in [-0.1, -0.05) is 25.3 Å². The van der Waals surface area contributed by atoms with E-state index in [0.29, 0.717) is 31.4 Å². The Morgan fingerprint density at radius 1 is 1.05 bits per heavy atom. The van der Waals surface area contributed by atoms with Crippen LogP contribution in [0, 0.1) is 0 Å². The van der Waals surface area contributed by atoms with Gasteiger partial charge in [0.1, 0.15) is 16.7 Å². The number of aliphatic hydroxyl groups is 1. The number of hydrogen-bond acceptors (Lipinski definition) is 7. The Balaban J connectivity index is 1.45. The van der Waals surface area contributed by atoms with Crippen molar-refractivity contribution in [3.63, 3.8) is 0 Å². The lowest BCUT2D eigenvalue weighted by molar-refractivity contribution is -0.129. The van der Waals surface area contributed by atoms with E-state index in [4.69, 9.17) is 4.74 Å². The third kappa shape index (κ3) is 5.98. The van der Waals surface area contributed by atoms with Crippen LogP contribution < -0.4 is 9.46 Å². The first-order valence-electron chi connectivity index (χ1n) is 13.9. The van der Waals surface area contributed by atoms with Gasteiger partial charge in [0.25, 0.3) is 0 Å². The van der Waals surface area contributed by atoms with Crippen molar-refractivity contribution < 1.29 is 23.1 Å². The lowest BCUT2D eigenvalue weighted by Crippen LogP contribution is -2.47. The van der Waals surface area contributed by atoms with E-state index in [9.17, 15) is 18.3 Å². The van der Waals surface area contributed by atoms with Crippen LogP contribution in [-0.2, 0) is 14.8 Å². The Morgan fingerprint density at radius 3 is 2.49 bits per heavy atom. The van der Waals surface area contributed by atoms with E-state index < -0.39 is 16.1 Å². The van der Waals surface area contributed by atoms with E-state index in [0.717, 1.165) is 31.5 Å². The summed E-state index contributed by atoms with van der Waals surface area (Å²) in [6, 6.07) is 6.06. The first-order valence-corrected chi connectivity index (χ1v) is 15.4. The zero-order valence-electron chi connectivity index (χ0n) is 22.1. The molecular formula is C27H42N4O5S. The molecule has 206 valence electrons. The van der Waals surface area contributed by atoms with Crippen LogP contribution in [0.5, 0.6) is 5.75 Å². The van der Waals surface area contributed by atoms with E-state index in [1.165, 1.54) is 32.1 Å². The Morgan fingerprint density at radius 2 is 1.78 bits per heavy atom. The summed E-state index contributed by atoms with van der Waals surface area (Å²) in [4.78, 5) is 18.4. The number of benzene rings is 1. The fourth-order valence-electron chi connectivity index (χ4n) is 6.67. The first kappa shape index (κ1) is 26.9. The second-order valence-corrected chi connectivity index (χ2v) is 13.1. The summed E-state index contributed by atoms with van der Waals surface area (Å²) < 4.78 is 35.8. The number of sulfonamides is 1. The number of likely N-dealkylation sites (N-methyl/N-ethyl adjacent to an activating group) is 1. The molecule has 37 heavy (non-hydrogen) atoms. The van der Waals surface area contributed by atoms with Crippen molar-refractivity contribution in [2.45, 2.75) is 87.0 Å². The van der Waals surface area contributed by atoms with Crippen LogP contribution in [-0.4, -0.2) is 105 Å². The monoisotopic (exact) mass is 534 g/mol. The second-order valence-electron chi connectivity index (χ2n) is 11.4. The van der Waals surface area contributed by atoms with Crippen molar-refractivity contribution >= 4 is 15.9 Å². The summed E-state index contributed by atoms with van der Waals surface area (Å²) >= 11 is 0. The number of nitrogens with zero attached hydrogens (tertiary/aromatic N) is 3. The minimum Gasteiger partial charge on any atom is -0.486 e. The number of nitrogens with one attached hydrogen (secondary N) is 1. The molecular weight excluding hydrogens is 492 g/mol. The molecule has 10 heteroatoms. The van der Waals surface area contributed by atoms with Crippen molar-refractivity contribution in [3.05, 3.63) is 23.8 Å². The molecule has 0 radical (unpaired) electrons. The van der Waals surface area contributed by atoms with E-state index in [1.807, 2.05) is 24.1 Å². The van der Waals surface area contributed by atoms with E-state index in [1.54, 1.807) is 13.0 Å². The predicted molar refractivity (Wildman–Crippen MR) is 141 cm³/mol. The number of fused-ring (bicyclic) bond motifs is 2. The van der Waals surface area contributed by atoms with Crippen LogP contribution in [0.3, 0.4) is 0 Å². The normalized spacial score (nSPS) is 30.7. The zero-order chi connectivity index (χ0) is 26.2. The molecule has 3 atom stereocenters. The van der Waals surface area contributed by atoms with Crippen molar-refractivity contribution in [1.82, 2.24) is 19.4 Å². The fourth-order valence-corrected chi connectivity index (χ4v) is 7.85. The number of piperidine rings is 1. The largest absolute Gasteiger partial charge is 0.486 e. The number of aliphatic hydroxyl groups excluding tert-OH is 1. The maximum atomic E-state index is 13.3. The molecule has 0 spiro atoms. The summed E-state index contributed by atoms with van der Waals surface area (Å²) in [6.07, 6.45) is 6.89. The predicted octanol–water partition coefficient (Wildman–Crippen LogP) is 1.76. The molecule has 1 aromatic carbocycles. The molecule has 9 nitrogen and oxygen atoms in total. The lowest BCUT2D eigenvalue weighted by atomic mass is 9.89. The van der Waals surface area contributed by atoms with Crippen LogP contribution in [0.25, 0.3) is 0 Å². The number of amides is 1. The number of carbonyl (C=O) groups is 1. The maximum Gasteiger partial charge on any atom is 0.244 e. The fraction of sp³-hybridized carbons (Fsp3) is 0.741. The maximum absolute atomic E-state index is 13.3. The van der Waals surface area contributed by atoms with E-state index >= 15 is 0 Å². The van der Waals surface area contributed by atoms with Gasteiger partial charge in [0, 0.05) is 52.2 Å². The minimum absolute atomic E-state index is 0.0406. The number of rotatable bonds is 2. The quantitative estimate of drug-likeness (QED) is 0.596. The van der Waals surface area contributed by atoms with Crippen molar-refractivity contribution in [1.29, 1.82) is 0 Å². The molecule has 3 aliphatic heterocycles. The molecule has 5 rings (SSSR count). The molecule has 3 fully saturated rings. The number of β-amino-alcohol motifs (C(OH)–C–C–N with tert-alkyl or cyclic N) is 1. The van der Waals surface area contributed by atoms with Crippen molar-refractivity contribution in [3.8, 4) is 5.75 Å². The van der Waals surface area contributed by atoms with Gasteiger partial charge >= 0.3 is 0 Å². The molecule has 3 heterocycles. The molecule has 0 unspecified atom stereocenters. The topological polar surface area (TPSA) is 102 Å². The van der Waals surface area contributed by atoms with Crippen LogP contribution in [0.2, 0.25) is 0 Å². The summed E-state index contributed by atoms with van der Waals surface area (Å²) in [5.41, 5.74) is 1.05. The molecule has 1 saturated carbocycles. The minimum atomic E-state index is -3.86. The average molecular weight is 535 g/mol. The van der Waals surface area contributed by atoms with E-state index in [-0.39, 0.29) is 35.4 Å². The number of likely N-dealkylation sites (tertiary alicyclic amines) is 2. The van der Waals surface area contributed by atoms with Crippen LogP contribution in [0.15, 0.2) is 23.1 Å². The molecule has 2 N–H and O–H groups in total. The Bertz CT molecular complexity index is 1070. The Hall–Kier alpha value is -1.72. The summed E-state index contributed by atoms with van der Waals surface area (Å²) in [6.45, 7) is 4.97. The van der Waals surface area contributed by atoms with Crippen LogP contribution in [0.4, 0.5) is 0 Å². The molecule has 4 aliphatic rings. The van der Waals surface area contributed by atoms with Crippen molar-refractivity contribution in [2.75, 3.05) is 46.3 Å². The SMILES string of the molecule is CC(=O)N1CCC(c2ccc3c(c2)O[C@H]2CN(C4CCCCC4)C[C@H]2N(C)C[C@@H](O)CNS3(=O)=O)CC1. The van der Waals surface area contributed by atoms with Crippen LogP contribution >= 0.6 is 0 Å². The average Bonchev–Trinajstić information content (AvgIpc) is 3.31. The smallest absolute Gasteiger partial charge is 0.244 e. The van der Waals surface area contributed by atoms with Gasteiger partial charge in [0.2, 0.25) is 15.9 Å². The van der Waals surface area contributed by atoms with Gasteiger partial charge in [0.15, 0.2) is 0 Å². The molecule has 1 amide bonds. The lowest BCUT2D eigenvalue weighted by Gasteiger charge is -2.32. The zero-order valence-corrected chi connectivity index (χ0v) is 23.0. The highest BCUT2D eigenvalue weighted by molar-refractivity contribution is 7.89. The van der Waals surface area contributed by atoms with Gasteiger partial charge in [-0.25, -0.2) is 13.1 Å².